The molecule has 2 aromatic rings. The molecule has 3 rings (SSSR count). The molecule has 1 atom stereocenters. The van der Waals surface area contributed by atoms with Crippen molar-refractivity contribution in [1.29, 1.82) is 0 Å². The molecule has 0 bridgehead atoms. The van der Waals surface area contributed by atoms with E-state index in [9.17, 15) is 18.0 Å². The van der Waals surface area contributed by atoms with Crippen LogP contribution in [0.3, 0.4) is 0 Å². The second-order valence-corrected chi connectivity index (χ2v) is 11.5. The maximum atomic E-state index is 13.7. The molecule has 0 radical (unpaired) electrons. The van der Waals surface area contributed by atoms with Gasteiger partial charge in [-0.3, -0.25) is 13.9 Å². The highest BCUT2D eigenvalue weighted by atomic mass is 35.5. The number of hydrogen-bond acceptors (Lipinski definition) is 6. The van der Waals surface area contributed by atoms with E-state index in [1.54, 1.807) is 37.3 Å². The van der Waals surface area contributed by atoms with Crippen LogP contribution in [0.25, 0.3) is 0 Å². The van der Waals surface area contributed by atoms with Crippen LogP contribution in [0.5, 0.6) is 11.5 Å². The normalized spacial score (nSPS) is 13.2. The number of unbranched alkanes of at least 4 members (excludes halogenated alkanes) is 1. The van der Waals surface area contributed by atoms with Crippen LogP contribution in [0.2, 0.25) is 10.0 Å². The summed E-state index contributed by atoms with van der Waals surface area (Å²) in [7, 11) is -3.88. The number of rotatable bonds is 12. The SMILES string of the molecule is CCCCNC(=O)[C@H](C)N(Cc1c(Cl)cccc1Cl)C(=O)CN(c1ccc2c(c1)OCO2)S(=O)(=O)CC. The van der Waals surface area contributed by atoms with Gasteiger partial charge in [0.1, 0.15) is 12.6 Å². The number of ether oxygens (including phenoxy) is 2. The van der Waals surface area contributed by atoms with Crippen molar-refractivity contribution in [3.63, 3.8) is 0 Å². The number of sulfonamides is 1. The molecule has 0 aliphatic carbocycles. The Morgan fingerprint density at radius 1 is 1.08 bits per heavy atom. The Kier molecular flexibility index (Phi) is 9.92. The van der Waals surface area contributed by atoms with Gasteiger partial charge in [-0.15, -0.1) is 0 Å². The molecule has 1 aliphatic heterocycles. The monoisotopic (exact) mass is 571 g/mol. The van der Waals surface area contributed by atoms with Crippen molar-refractivity contribution in [2.75, 3.05) is 29.9 Å². The first-order chi connectivity index (χ1) is 17.6. The van der Waals surface area contributed by atoms with Gasteiger partial charge in [0.15, 0.2) is 11.5 Å². The Morgan fingerprint density at radius 2 is 1.76 bits per heavy atom. The van der Waals surface area contributed by atoms with Gasteiger partial charge in [0.2, 0.25) is 28.6 Å². The zero-order chi connectivity index (χ0) is 27.2. The third-order valence-electron chi connectivity index (χ3n) is 6.01. The zero-order valence-electron chi connectivity index (χ0n) is 21.0. The quantitative estimate of drug-likeness (QED) is 0.382. The predicted octanol–water partition coefficient (Wildman–Crippen LogP) is 4.21. The Bertz CT molecular complexity index is 1220. The van der Waals surface area contributed by atoms with E-state index in [2.05, 4.69) is 5.32 Å². The highest BCUT2D eigenvalue weighted by Gasteiger charge is 2.32. The summed E-state index contributed by atoms with van der Waals surface area (Å²) < 4.78 is 37.8. The lowest BCUT2D eigenvalue weighted by atomic mass is 10.1. The minimum Gasteiger partial charge on any atom is -0.454 e. The molecule has 0 spiro atoms. The standard InChI is InChI=1S/C25H31Cl2N3O6S/c1-4-6-12-28-25(32)17(3)29(14-19-20(26)8-7-9-21(19)27)24(31)15-30(37(33,34)5-2)18-10-11-22-23(13-18)36-16-35-22/h7-11,13,17H,4-6,12,14-16H2,1-3H3,(H,28,32)/t17-/m0/s1. The van der Waals surface area contributed by atoms with Crippen molar-refractivity contribution in [3.8, 4) is 11.5 Å². The number of fused-ring (bicyclic) bond motifs is 1. The van der Waals surface area contributed by atoms with Crippen LogP contribution < -0.4 is 19.1 Å². The van der Waals surface area contributed by atoms with Crippen LogP contribution in [-0.2, 0) is 26.2 Å². The Balaban J connectivity index is 1.95. The summed E-state index contributed by atoms with van der Waals surface area (Å²) in [4.78, 5) is 27.9. The molecular formula is C25H31Cl2N3O6S. The van der Waals surface area contributed by atoms with Gasteiger partial charge >= 0.3 is 0 Å². The second-order valence-electron chi connectivity index (χ2n) is 8.49. The number of anilines is 1. The first-order valence-corrected chi connectivity index (χ1v) is 14.4. The van der Waals surface area contributed by atoms with Gasteiger partial charge in [0.05, 0.1) is 11.4 Å². The predicted molar refractivity (Wildman–Crippen MR) is 144 cm³/mol. The molecule has 0 saturated heterocycles. The number of nitrogens with zero attached hydrogens (tertiary/aromatic N) is 2. The van der Waals surface area contributed by atoms with E-state index in [0.717, 1.165) is 17.1 Å². The molecule has 2 amide bonds. The minimum atomic E-state index is -3.88. The number of hydrogen-bond donors (Lipinski definition) is 1. The van der Waals surface area contributed by atoms with Crippen LogP contribution in [-0.4, -0.2) is 56.8 Å². The highest BCUT2D eigenvalue weighted by molar-refractivity contribution is 7.92. The summed E-state index contributed by atoms with van der Waals surface area (Å²) >= 11 is 12.7. The summed E-state index contributed by atoms with van der Waals surface area (Å²) in [5.41, 5.74) is 0.704. The Labute approximate surface area is 227 Å². The van der Waals surface area contributed by atoms with Gasteiger partial charge < -0.3 is 19.7 Å². The summed E-state index contributed by atoms with van der Waals surface area (Å²) in [6.45, 7) is 4.94. The molecule has 202 valence electrons. The summed E-state index contributed by atoms with van der Waals surface area (Å²) in [5, 5.41) is 3.49. The Morgan fingerprint density at radius 3 is 2.41 bits per heavy atom. The van der Waals surface area contributed by atoms with Crippen molar-refractivity contribution in [1.82, 2.24) is 10.2 Å². The lowest BCUT2D eigenvalue weighted by Gasteiger charge is -2.32. The number of benzene rings is 2. The molecule has 0 fully saturated rings. The third kappa shape index (κ3) is 7.00. The van der Waals surface area contributed by atoms with Crippen molar-refractivity contribution in [2.45, 2.75) is 46.2 Å². The van der Waals surface area contributed by atoms with E-state index in [1.807, 2.05) is 6.92 Å². The molecule has 0 unspecified atom stereocenters. The van der Waals surface area contributed by atoms with Crippen LogP contribution in [0.1, 0.15) is 39.2 Å². The van der Waals surface area contributed by atoms with E-state index in [4.69, 9.17) is 32.7 Å². The average molecular weight is 573 g/mol. The largest absolute Gasteiger partial charge is 0.454 e. The van der Waals surface area contributed by atoms with Crippen molar-refractivity contribution >= 4 is 50.7 Å². The second kappa shape index (κ2) is 12.7. The van der Waals surface area contributed by atoms with Crippen LogP contribution >= 0.6 is 23.2 Å². The van der Waals surface area contributed by atoms with Gasteiger partial charge in [-0.25, -0.2) is 8.42 Å². The molecule has 1 N–H and O–H groups in total. The van der Waals surface area contributed by atoms with E-state index in [-0.39, 0.29) is 30.7 Å². The molecule has 1 aliphatic rings. The summed E-state index contributed by atoms with van der Waals surface area (Å²) in [6, 6.07) is 8.68. The average Bonchev–Trinajstić information content (AvgIpc) is 3.34. The molecular weight excluding hydrogens is 541 g/mol. The maximum absolute atomic E-state index is 13.7. The lowest BCUT2D eigenvalue weighted by Crippen LogP contribution is -2.51. The van der Waals surface area contributed by atoms with Crippen molar-refractivity contribution < 1.29 is 27.5 Å². The van der Waals surface area contributed by atoms with Gasteiger partial charge in [0.25, 0.3) is 0 Å². The van der Waals surface area contributed by atoms with Crippen LogP contribution in [0.4, 0.5) is 5.69 Å². The van der Waals surface area contributed by atoms with Crippen LogP contribution in [0.15, 0.2) is 36.4 Å². The highest BCUT2D eigenvalue weighted by Crippen LogP contribution is 2.36. The number of carbonyl (C=O) groups is 2. The smallest absolute Gasteiger partial charge is 0.244 e. The molecule has 37 heavy (non-hydrogen) atoms. The van der Waals surface area contributed by atoms with Gasteiger partial charge in [-0.2, -0.15) is 0 Å². The van der Waals surface area contributed by atoms with Gasteiger partial charge in [-0.1, -0.05) is 42.6 Å². The number of nitrogens with one attached hydrogen (secondary N) is 1. The number of halogens is 2. The molecule has 12 heteroatoms. The fourth-order valence-electron chi connectivity index (χ4n) is 3.73. The fourth-order valence-corrected chi connectivity index (χ4v) is 5.30. The van der Waals surface area contributed by atoms with Crippen molar-refractivity contribution in [2.24, 2.45) is 0 Å². The lowest BCUT2D eigenvalue weighted by molar-refractivity contribution is -0.139. The molecule has 0 saturated carbocycles. The number of carbonyl (C=O) groups excluding carboxylic acids is 2. The first kappa shape index (κ1) is 28.9. The van der Waals surface area contributed by atoms with E-state index >= 15 is 0 Å². The molecule has 9 nitrogen and oxygen atoms in total. The maximum Gasteiger partial charge on any atom is 0.244 e. The minimum absolute atomic E-state index is 0.0231. The third-order valence-corrected chi connectivity index (χ3v) is 8.46. The molecule has 1 heterocycles. The first-order valence-electron chi connectivity index (χ1n) is 12.0. The van der Waals surface area contributed by atoms with Crippen molar-refractivity contribution in [3.05, 3.63) is 52.0 Å². The molecule has 2 aromatic carbocycles. The molecule has 0 aromatic heterocycles. The van der Waals surface area contributed by atoms with E-state index < -0.39 is 28.5 Å². The summed E-state index contributed by atoms with van der Waals surface area (Å²) in [6.07, 6.45) is 1.68. The van der Waals surface area contributed by atoms with Gasteiger partial charge in [-0.05, 0) is 44.5 Å². The Hall–Kier alpha value is -2.69. The topological polar surface area (TPSA) is 105 Å². The zero-order valence-corrected chi connectivity index (χ0v) is 23.3. The fraction of sp³-hybridized carbons (Fsp3) is 0.440. The van der Waals surface area contributed by atoms with Crippen LogP contribution in [0, 0.1) is 0 Å². The number of amides is 2. The summed E-state index contributed by atoms with van der Waals surface area (Å²) in [5.74, 6) is -0.333. The van der Waals surface area contributed by atoms with Gasteiger partial charge in [0, 0.05) is 34.8 Å². The van der Waals surface area contributed by atoms with E-state index in [0.29, 0.717) is 33.7 Å². The van der Waals surface area contributed by atoms with E-state index in [1.165, 1.54) is 17.9 Å².